The fourth-order valence-electron chi connectivity index (χ4n) is 2.73. The Kier molecular flexibility index (Phi) is 7.69. The van der Waals surface area contributed by atoms with Crippen LogP contribution in [0.3, 0.4) is 0 Å². The van der Waals surface area contributed by atoms with E-state index in [0.717, 1.165) is 43.3 Å². The standard InChI is InChI=1S/C21H27N5O2/c1-22-21(23-11-4-15-27-17-20-5-2-16-28-20)24-13-10-18-6-8-19(9-7-18)26-14-3-12-25-26/h2-3,5-9,12,14,16H,4,10-11,13,15,17H2,1H3,(H2,22,23,24). The van der Waals surface area contributed by atoms with Crippen LogP contribution in [0.5, 0.6) is 0 Å². The molecular weight excluding hydrogens is 354 g/mol. The Morgan fingerprint density at radius 2 is 2.00 bits per heavy atom. The molecule has 0 fully saturated rings. The SMILES string of the molecule is CN=C(NCCCOCc1ccco1)NCCc1ccc(-n2cccn2)cc1. The largest absolute Gasteiger partial charge is 0.467 e. The molecule has 0 saturated heterocycles. The molecule has 0 unspecified atom stereocenters. The average molecular weight is 381 g/mol. The summed E-state index contributed by atoms with van der Waals surface area (Å²) in [5, 5.41) is 10.9. The molecule has 7 nitrogen and oxygen atoms in total. The van der Waals surface area contributed by atoms with Crippen LogP contribution in [0.25, 0.3) is 5.69 Å². The molecule has 0 spiro atoms. The minimum absolute atomic E-state index is 0.513. The van der Waals surface area contributed by atoms with Crippen LogP contribution in [-0.4, -0.2) is 42.5 Å². The number of benzene rings is 1. The number of aromatic nitrogens is 2. The normalized spacial score (nSPS) is 11.5. The lowest BCUT2D eigenvalue weighted by atomic mass is 10.1. The third-order valence-corrected chi connectivity index (χ3v) is 4.22. The van der Waals surface area contributed by atoms with E-state index >= 15 is 0 Å². The van der Waals surface area contributed by atoms with Gasteiger partial charge in [0, 0.05) is 39.1 Å². The highest BCUT2D eigenvalue weighted by atomic mass is 16.5. The van der Waals surface area contributed by atoms with Gasteiger partial charge in [-0.05, 0) is 48.7 Å². The van der Waals surface area contributed by atoms with Gasteiger partial charge in [0.05, 0.1) is 12.0 Å². The third kappa shape index (κ3) is 6.28. The fourth-order valence-corrected chi connectivity index (χ4v) is 2.73. The first-order chi connectivity index (χ1) is 13.8. The van der Waals surface area contributed by atoms with E-state index in [1.807, 2.05) is 29.1 Å². The predicted molar refractivity (Wildman–Crippen MR) is 110 cm³/mol. The minimum atomic E-state index is 0.513. The molecule has 2 N–H and O–H groups in total. The van der Waals surface area contributed by atoms with Crippen molar-refractivity contribution in [2.24, 2.45) is 4.99 Å². The first kappa shape index (κ1) is 19.7. The van der Waals surface area contributed by atoms with Gasteiger partial charge in [-0.3, -0.25) is 4.99 Å². The van der Waals surface area contributed by atoms with Gasteiger partial charge in [-0.2, -0.15) is 5.10 Å². The van der Waals surface area contributed by atoms with E-state index in [1.165, 1.54) is 5.56 Å². The quantitative estimate of drug-likeness (QED) is 0.321. The van der Waals surface area contributed by atoms with E-state index in [1.54, 1.807) is 19.5 Å². The number of hydrogen-bond donors (Lipinski definition) is 2. The van der Waals surface area contributed by atoms with Gasteiger partial charge in [0.2, 0.25) is 0 Å². The molecular formula is C21H27N5O2. The van der Waals surface area contributed by atoms with Crippen LogP contribution in [0, 0.1) is 0 Å². The van der Waals surface area contributed by atoms with Crippen molar-refractivity contribution in [3.8, 4) is 5.69 Å². The van der Waals surface area contributed by atoms with Gasteiger partial charge in [-0.1, -0.05) is 12.1 Å². The average Bonchev–Trinajstić information content (AvgIpc) is 3.44. The van der Waals surface area contributed by atoms with Crippen molar-refractivity contribution in [1.82, 2.24) is 20.4 Å². The monoisotopic (exact) mass is 381 g/mol. The molecule has 28 heavy (non-hydrogen) atoms. The number of ether oxygens (including phenoxy) is 1. The van der Waals surface area contributed by atoms with Crippen molar-refractivity contribution in [2.75, 3.05) is 26.7 Å². The van der Waals surface area contributed by atoms with Gasteiger partial charge in [0.1, 0.15) is 12.4 Å². The molecule has 0 saturated carbocycles. The first-order valence-corrected chi connectivity index (χ1v) is 9.49. The van der Waals surface area contributed by atoms with Gasteiger partial charge in [0.25, 0.3) is 0 Å². The highest BCUT2D eigenvalue weighted by molar-refractivity contribution is 5.79. The van der Waals surface area contributed by atoms with E-state index in [4.69, 9.17) is 9.15 Å². The molecule has 2 aromatic heterocycles. The second-order valence-electron chi connectivity index (χ2n) is 6.28. The number of hydrogen-bond acceptors (Lipinski definition) is 4. The molecule has 148 valence electrons. The number of nitrogens with one attached hydrogen (secondary N) is 2. The second kappa shape index (κ2) is 10.9. The number of furan rings is 1. The van der Waals surface area contributed by atoms with Crippen LogP contribution in [-0.2, 0) is 17.8 Å². The Morgan fingerprint density at radius 3 is 2.71 bits per heavy atom. The van der Waals surface area contributed by atoms with Crippen LogP contribution >= 0.6 is 0 Å². The highest BCUT2D eigenvalue weighted by Gasteiger charge is 2.00. The Labute approximate surface area is 165 Å². The van der Waals surface area contributed by atoms with Crippen molar-refractivity contribution in [1.29, 1.82) is 0 Å². The van der Waals surface area contributed by atoms with Crippen LogP contribution in [0.1, 0.15) is 17.7 Å². The Hall–Kier alpha value is -3.06. The Bertz CT molecular complexity index is 811. The number of guanidine groups is 1. The van der Waals surface area contributed by atoms with E-state index < -0.39 is 0 Å². The molecule has 3 aromatic rings. The molecule has 0 aliphatic heterocycles. The first-order valence-electron chi connectivity index (χ1n) is 9.49. The summed E-state index contributed by atoms with van der Waals surface area (Å²) in [5.74, 6) is 1.65. The van der Waals surface area contributed by atoms with Gasteiger partial charge < -0.3 is 19.8 Å². The highest BCUT2D eigenvalue weighted by Crippen LogP contribution is 2.08. The van der Waals surface area contributed by atoms with Crippen LogP contribution < -0.4 is 10.6 Å². The summed E-state index contributed by atoms with van der Waals surface area (Å²) in [4.78, 5) is 4.25. The second-order valence-corrected chi connectivity index (χ2v) is 6.28. The van der Waals surface area contributed by atoms with Gasteiger partial charge >= 0.3 is 0 Å². The Balaban J connectivity index is 1.28. The number of nitrogens with zero attached hydrogens (tertiary/aromatic N) is 3. The molecule has 2 heterocycles. The van der Waals surface area contributed by atoms with E-state index in [-0.39, 0.29) is 0 Å². The lowest BCUT2D eigenvalue weighted by Gasteiger charge is -2.12. The molecule has 0 aliphatic rings. The molecule has 7 heteroatoms. The van der Waals surface area contributed by atoms with E-state index in [9.17, 15) is 0 Å². The predicted octanol–water partition coefficient (Wildman–Crippen LogP) is 2.78. The number of rotatable bonds is 10. The van der Waals surface area contributed by atoms with Crippen LogP contribution in [0.15, 0.2) is 70.5 Å². The molecule has 3 rings (SSSR count). The third-order valence-electron chi connectivity index (χ3n) is 4.22. The van der Waals surface area contributed by atoms with Crippen LogP contribution in [0.2, 0.25) is 0 Å². The van der Waals surface area contributed by atoms with E-state index in [2.05, 4.69) is 45.0 Å². The van der Waals surface area contributed by atoms with Crippen molar-refractivity contribution in [3.63, 3.8) is 0 Å². The van der Waals surface area contributed by atoms with Crippen molar-refractivity contribution in [3.05, 3.63) is 72.4 Å². The minimum Gasteiger partial charge on any atom is -0.467 e. The summed E-state index contributed by atoms with van der Waals surface area (Å²) >= 11 is 0. The van der Waals surface area contributed by atoms with Crippen LogP contribution in [0.4, 0.5) is 0 Å². The maximum atomic E-state index is 5.57. The zero-order valence-corrected chi connectivity index (χ0v) is 16.2. The fraction of sp³-hybridized carbons (Fsp3) is 0.333. The zero-order valence-electron chi connectivity index (χ0n) is 16.2. The summed E-state index contributed by atoms with van der Waals surface area (Å²) in [6.07, 6.45) is 7.20. The van der Waals surface area contributed by atoms with Gasteiger partial charge in [-0.25, -0.2) is 4.68 Å². The summed E-state index contributed by atoms with van der Waals surface area (Å²) in [6.45, 7) is 2.80. The van der Waals surface area contributed by atoms with Gasteiger partial charge in [0.15, 0.2) is 5.96 Å². The molecule has 1 aromatic carbocycles. The summed E-state index contributed by atoms with van der Waals surface area (Å²) < 4.78 is 12.6. The smallest absolute Gasteiger partial charge is 0.190 e. The molecule has 0 amide bonds. The topological polar surface area (TPSA) is 76.6 Å². The molecule has 0 radical (unpaired) electrons. The zero-order chi connectivity index (χ0) is 19.4. The van der Waals surface area contributed by atoms with Gasteiger partial charge in [-0.15, -0.1) is 0 Å². The maximum absolute atomic E-state index is 5.57. The van der Waals surface area contributed by atoms with Crippen molar-refractivity contribution < 1.29 is 9.15 Å². The lowest BCUT2D eigenvalue weighted by molar-refractivity contribution is 0.105. The summed E-state index contributed by atoms with van der Waals surface area (Å²) in [5.41, 5.74) is 2.33. The summed E-state index contributed by atoms with van der Waals surface area (Å²) in [6, 6.07) is 14.1. The lowest BCUT2D eigenvalue weighted by Crippen LogP contribution is -2.39. The van der Waals surface area contributed by atoms with E-state index in [0.29, 0.717) is 13.2 Å². The molecule has 0 bridgehead atoms. The van der Waals surface area contributed by atoms with Crippen molar-refractivity contribution in [2.45, 2.75) is 19.4 Å². The molecule has 0 atom stereocenters. The van der Waals surface area contributed by atoms with Crippen molar-refractivity contribution >= 4 is 5.96 Å². The maximum Gasteiger partial charge on any atom is 0.190 e. The summed E-state index contributed by atoms with van der Waals surface area (Å²) in [7, 11) is 1.78. The molecule has 0 aliphatic carbocycles. The Morgan fingerprint density at radius 1 is 1.14 bits per heavy atom. The number of aliphatic imine (C=N–C) groups is 1.